The number of ketones is 1. The van der Waals surface area contributed by atoms with Gasteiger partial charge in [-0.1, -0.05) is 41.9 Å². The average molecular weight is 506 g/mol. The number of nitrogens with one attached hydrogen (secondary N) is 3. The monoisotopic (exact) mass is 505 g/mol. The van der Waals surface area contributed by atoms with Gasteiger partial charge < -0.3 is 15.1 Å². The number of rotatable bonds is 1. The largest absolute Gasteiger partial charge is 0.423 e. The lowest BCUT2D eigenvalue weighted by molar-refractivity contribution is -0.124. The minimum Gasteiger partial charge on any atom is -0.423 e. The topological polar surface area (TPSA) is 109 Å². The number of carbonyl (C=O) groups excluding carboxylic acids is 2. The SMILES string of the molecule is CC1(C)CC(=O)C2=C(C1)NC(Nc1nc3ccccc3o1)=NC21C(=O)Nc2ccc(Br)cc21. The molecule has 166 valence electrons. The number of allylic oxidation sites excluding steroid dienone is 1. The minimum atomic E-state index is -1.48. The van der Waals surface area contributed by atoms with Crippen LogP contribution in [0.15, 0.2) is 67.6 Å². The smallest absolute Gasteiger partial charge is 0.302 e. The third-order valence-corrected chi connectivity index (χ3v) is 6.75. The molecule has 0 saturated carbocycles. The van der Waals surface area contributed by atoms with Crippen molar-refractivity contribution in [2.45, 2.75) is 32.2 Å². The summed E-state index contributed by atoms with van der Waals surface area (Å²) in [5.41, 5.74) is 1.97. The molecular weight excluding hydrogens is 486 g/mol. The molecule has 3 heterocycles. The van der Waals surface area contributed by atoms with E-state index in [-0.39, 0.29) is 23.1 Å². The van der Waals surface area contributed by atoms with Crippen LogP contribution < -0.4 is 16.0 Å². The van der Waals surface area contributed by atoms with Gasteiger partial charge in [-0.05, 0) is 42.2 Å². The van der Waals surface area contributed by atoms with E-state index in [1.54, 1.807) is 0 Å². The standard InChI is InChI=1S/C24H20BrN5O3/c1-23(2)10-16-19(17(31)11-23)24(13-9-12(25)7-8-14(13)26-20(24)32)30-21(27-16)29-22-28-15-5-3-4-6-18(15)33-22/h3-9H,10-11H2,1-2H3,(H,26,32)(H2,27,28,29,30). The van der Waals surface area contributed by atoms with E-state index in [1.165, 1.54) is 0 Å². The number of halogens is 1. The summed E-state index contributed by atoms with van der Waals surface area (Å²) in [5, 5.41) is 9.26. The van der Waals surface area contributed by atoms with Gasteiger partial charge in [-0.25, -0.2) is 4.99 Å². The lowest BCUT2D eigenvalue weighted by Gasteiger charge is -2.40. The van der Waals surface area contributed by atoms with Crippen LogP contribution in [-0.2, 0) is 15.1 Å². The van der Waals surface area contributed by atoms with Gasteiger partial charge in [0.25, 0.3) is 5.91 Å². The van der Waals surface area contributed by atoms with E-state index >= 15 is 0 Å². The van der Waals surface area contributed by atoms with Gasteiger partial charge in [-0.3, -0.25) is 14.9 Å². The third-order valence-electron chi connectivity index (χ3n) is 6.25. The zero-order valence-corrected chi connectivity index (χ0v) is 19.5. The maximum atomic E-state index is 13.5. The molecule has 9 heteroatoms. The van der Waals surface area contributed by atoms with Crippen molar-refractivity contribution in [2.24, 2.45) is 10.4 Å². The number of amides is 1. The molecule has 33 heavy (non-hydrogen) atoms. The molecule has 1 aromatic heterocycles. The number of hydrogen-bond acceptors (Lipinski definition) is 7. The van der Waals surface area contributed by atoms with Gasteiger partial charge in [0.1, 0.15) is 5.52 Å². The van der Waals surface area contributed by atoms with Crippen LogP contribution in [-0.4, -0.2) is 22.6 Å². The molecule has 0 fully saturated rings. The zero-order chi connectivity index (χ0) is 23.0. The van der Waals surface area contributed by atoms with E-state index in [9.17, 15) is 9.59 Å². The Hall–Kier alpha value is -3.46. The molecule has 0 radical (unpaired) electrons. The quantitative estimate of drug-likeness (QED) is 0.450. The van der Waals surface area contributed by atoms with Crippen LogP contribution in [0.4, 0.5) is 11.7 Å². The van der Waals surface area contributed by atoms with Crippen LogP contribution in [0.3, 0.4) is 0 Å². The lowest BCUT2D eigenvalue weighted by Crippen LogP contribution is -2.51. The Balaban J connectivity index is 1.53. The van der Waals surface area contributed by atoms with Crippen molar-refractivity contribution in [2.75, 3.05) is 10.6 Å². The van der Waals surface area contributed by atoms with Crippen molar-refractivity contribution in [3.8, 4) is 0 Å². The highest BCUT2D eigenvalue weighted by Gasteiger charge is 2.57. The van der Waals surface area contributed by atoms with Crippen LogP contribution in [0.5, 0.6) is 0 Å². The first-order valence-corrected chi connectivity index (χ1v) is 11.4. The van der Waals surface area contributed by atoms with E-state index < -0.39 is 5.54 Å². The van der Waals surface area contributed by atoms with E-state index in [2.05, 4.69) is 36.9 Å². The van der Waals surface area contributed by atoms with Crippen LogP contribution in [0.1, 0.15) is 32.3 Å². The van der Waals surface area contributed by atoms with E-state index in [0.29, 0.717) is 52.4 Å². The number of anilines is 2. The highest BCUT2D eigenvalue weighted by Crippen LogP contribution is 2.51. The summed E-state index contributed by atoms with van der Waals surface area (Å²) >= 11 is 3.50. The fraction of sp³-hybridized carbons (Fsp3) is 0.250. The first-order chi connectivity index (χ1) is 15.7. The summed E-state index contributed by atoms with van der Waals surface area (Å²) in [6.45, 7) is 4.09. The molecule has 1 aliphatic carbocycles. The fourth-order valence-corrected chi connectivity index (χ4v) is 5.31. The number of para-hydroxylation sites is 2. The van der Waals surface area contributed by atoms with Crippen molar-refractivity contribution in [3.63, 3.8) is 0 Å². The second-order valence-electron chi connectivity index (χ2n) is 9.35. The van der Waals surface area contributed by atoms with Crippen LogP contribution >= 0.6 is 15.9 Å². The summed E-state index contributed by atoms with van der Waals surface area (Å²) in [4.78, 5) is 36.2. The van der Waals surface area contributed by atoms with Gasteiger partial charge in [-0.2, -0.15) is 4.98 Å². The molecule has 8 nitrogen and oxygen atoms in total. The molecule has 1 unspecified atom stereocenters. The van der Waals surface area contributed by atoms with E-state index in [0.717, 1.165) is 4.47 Å². The van der Waals surface area contributed by atoms with Crippen LogP contribution in [0, 0.1) is 5.41 Å². The number of fused-ring (bicyclic) bond motifs is 4. The number of oxazole rings is 1. The van der Waals surface area contributed by atoms with Crippen molar-refractivity contribution >= 4 is 56.4 Å². The second-order valence-corrected chi connectivity index (χ2v) is 10.3. The molecule has 1 spiro atoms. The molecule has 3 aliphatic rings. The molecule has 0 saturated heterocycles. The average Bonchev–Trinajstić information content (AvgIpc) is 3.25. The van der Waals surface area contributed by atoms with Gasteiger partial charge in [0.05, 0.1) is 5.57 Å². The summed E-state index contributed by atoms with van der Waals surface area (Å²) in [6, 6.07) is 13.2. The maximum Gasteiger partial charge on any atom is 0.302 e. The molecule has 1 amide bonds. The Kier molecular flexibility index (Phi) is 4.14. The molecule has 3 aromatic rings. The summed E-state index contributed by atoms with van der Waals surface area (Å²) in [7, 11) is 0. The maximum absolute atomic E-state index is 13.5. The van der Waals surface area contributed by atoms with E-state index in [1.807, 2.05) is 56.3 Å². The first-order valence-electron chi connectivity index (χ1n) is 10.6. The predicted octanol–water partition coefficient (Wildman–Crippen LogP) is 4.45. The molecule has 6 rings (SSSR count). The molecule has 0 bridgehead atoms. The van der Waals surface area contributed by atoms with Crippen molar-refractivity contribution in [1.29, 1.82) is 0 Å². The predicted molar refractivity (Wildman–Crippen MR) is 128 cm³/mol. The Morgan fingerprint density at radius 3 is 2.73 bits per heavy atom. The number of carbonyl (C=O) groups is 2. The molecule has 2 aromatic carbocycles. The molecule has 1 atom stereocenters. The number of aliphatic imine (C=N–C) groups is 1. The number of hydrogen-bond donors (Lipinski definition) is 3. The number of benzene rings is 2. The lowest BCUT2D eigenvalue weighted by atomic mass is 9.69. The van der Waals surface area contributed by atoms with E-state index in [4.69, 9.17) is 9.41 Å². The molecule has 2 aliphatic heterocycles. The van der Waals surface area contributed by atoms with Gasteiger partial charge >= 0.3 is 6.01 Å². The number of aromatic nitrogens is 1. The summed E-state index contributed by atoms with van der Waals surface area (Å²) in [6.07, 6.45) is 0.940. The summed E-state index contributed by atoms with van der Waals surface area (Å²) in [5.74, 6) is -0.135. The third kappa shape index (κ3) is 3.02. The van der Waals surface area contributed by atoms with Crippen LogP contribution in [0.2, 0.25) is 0 Å². The van der Waals surface area contributed by atoms with Crippen LogP contribution in [0.25, 0.3) is 11.1 Å². The summed E-state index contributed by atoms with van der Waals surface area (Å²) < 4.78 is 6.60. The first kappa shape index (κ1) is 20.2. The Morgan fingerprint density at radius 2 is 1.91 bits per heavy atom. The van der Waals surface area contributed by atoms with Gasteiger partial charge in [0.2, 0.25) is 5.96 Å². The Bertz CT molecular complexity index is 1400. The van der Waals surface area contributed by atoms with Gasteiger partial charge in [-0.15, -0.1) is 0 Å². The second kappa shape index (κ2) is 6.77. The Morgan fingerprint density at radius 1 is 1.09 bits per heavy atom. The highest BCUT2D eigenvalue weighted by atomic mass is 79.9. The van der Waals surface area contributed by atoms with Crippen molar-refractivity contribution in [1.82, 2.24) is 10.3 Å². The number of guanidine groups is 1. The van der Waals surface area contributed by atoms with Crippen molar-refractivity contribution < 1.29 is 14.0 Å². The highest BCUT2D eigenvalue weighted by molar-refractivity contribution is 9.10. The molecule has 3 N–H and O–H groups in total. The van der Waals surface area contributed by atoms with Gasteiger partial charge in [0.15, 0.2) is 16.9 Å². The normalized spacial score (nSPS) is 23.2. The number of nitrogens with zero attached hydrogens (tertiary/aromatic N) is 2. The fourth-order valence-electron chi connectivity index (χ4n) is 4.95. The van der Waals surface area contributed by atoms with Crippen molar-refractivity contribution in [3.05, 3.63) is 63.8 Å². The minimum absolute atomic E-state index is 0.0820. The Labute approximate surface area is 197 Å². The molecular formula is C24H20BrN5O3. The van der Waals surface area contributed by atoms with Gasteiger partial charge in [0, 0.05) is 27.8 Å². The number of Topliss-reactive ketones (excluding diaryl/α,β-unsaturated/α-hetero) is 1. The zero-order valence-electron chi connectivity index (χ0n) is 18.0.